The molecule has 21 heavy (non-hydrogen) atoms. The highest BCUT2D eigenvalue weighted by atomic mass is 35.5. The van der Waals surface area contributed by atoms with Crippen molar-refractivity contribution in [3.05, 3.63) is 58.4 Å². The van der Waals surface area contributed by atoms with Crippen LogP contribution in [0.4, 0.5) is 0 Å². The molecule has 2 rings (SSSR count). The van der Waals surface area contributed by atoms with Crippen LogP contribution in [0.25, 0.3) is 0 Å². The van der Waals surface area contributed by atoms with Gasteiger partial charge in [0.1, 0.15) is 5.15 Å². The second-order valence-corrected chi connectivity index (χ2v) is 6.27. The van der Waals surface area contributed by atoms with Crippen molar-refractivity contribution in [2.75, 3.05) is 12.3 Å². The molecule has 0 fully saturated rings. The van der Waals surface area contributed by atoms with Crippen LogP contribution < -0.4 is 5.32 Å². The lowest BCUT2D eigenvalue weighted by Gasteiger charge is -2.07. The van der Waals surface area contributed by atoms with Crippen molar-refractivity contribution in [2.24, 2.45) is 0 Å². The Hall–Kier alpha value is -1.52. The number of thioether (sulfide) groups is 1. The summed E-state index contributed by atoms with van der Waals surface area (Å²) in [4.78, 5) is 17.0. The molecule has 0 saturated carbocycles. The fourth-order valence-corrected chi connectivity index (χ4v) is 2.82. The van der Waals surface area contributed by atoms with Crippen LogP contribution in [0, 0.1) is 13.8 Å². The maximum atomic E-state index is 11.9. The number of pyridine rings is 1. The summed E-state index contributed by atoms with van der Waals surface area (Å²) in [5.41, 5.74) is 3.11. The lowest BCUT2D eigenvalue weighted by Crippen LogP contribution is -2.25. The summed E-state index contributed by atoms with van der Waals surface area (Å²) in [6.07, 6.45) is 1.53. The van der Waals surface area contributed by atoms with Gasteiger partial charge in [-0.05, 0) is 49.2 Å². The molecule has 0 spiro atoms. The van der Waals surface area contributed by atoms with E-state index in [0.29, 0.717) is 17.3 Å². The number of amides is 1. The topological polar surface area (TPSA) is 42.0 Å². The summed E-state index contributed by atoms with van der Waals surface area (Å²) in [5, 5.41) is 3.20. The molecule has 1 amide bonds. The van der Waals surface area contributed by atoms with Gasteiger partial charge in [-0.1, -0.05) is 17.7 Å². The van der Waals surface area contributed by atoms with Crippen molar-refractivity contribution in [2.45, 2.75) is 18.7 Å². The van der Waals surface area contributed by atoms with Crippen molar-refractivity contribution < 1.29 is 4.79 Å². The van der Waals surface area contributed by atoms with Gasteiger partial charge in [0.2, 0.25) is 0 Å². The Morgan fingerprint density at radius 3 is 2.76 bits per heavy atom. The number of nitrogens with zero attached hydrogens (tertiary/aromatic N) is 1. The van der Waals surface area contributed by atoms with Crippen LogP contribution in [0.3, 0.4) is 0 Å². The summed E-state index contributed by atoms with van der Waals surface area (Å²) < 4.78 is 0. The molecule has 0 atom stereocenters. The van der Waals surface area contributed by atoms with Gasteiger partial charge in [0.05, 0.1) is 0 Å². The lowest BCUT2D eigenvalue weighted by atomic mass is 10.1. The Labute approximate surface area is 134 Å². The van der Waals surface area contributed by atoms with E-state index in [9.17, 15) is 4.79 Å². The Kier molecular flexibility index (Phi) is 5.65. The van der Waals surface area contributed by atoms with E-state index >= 15 is 0 Å². The number of hydrogen-bond donors (Lipinski definition) is 1. The highest BCUT2D eigenvalue weighted by molar-refractivity contribution is 7.99. The molecule has 0 aliphatic rings. The van der Waals surface area contributed by atoms with Crippen molar-refractivity contribution in [1.29, 1.82) is 0 Å². The van der Waals surface area contributed by atoms with Crippen molar-refractivity contribution in [3.8, 4) is 0 Å². The van der Waals surface area contributed by atoms with Gasteiger partial charge in [0.25, 0.3) is 5.91 Å². The smallest absolute Gasteiger partial charge is 0.251 e. The Morgan fingerprint density at radius 2 is 2.05 bits per heavy atom. The molecule has 110 valence electrons. The van der Waals surface area contributed by atoms with E-state index in [-0.39, 0.29) is 5.91 Å². The third-order valence-electron chi connectivity index (χ3n) is 3.12. The average molecular weight is 321 g/mol. The Bertz CT molecular complexity index is 646. The van der Waals surface area contributed by atoms with Crippen LogP contribution in [0.1, 0.15) is 21.5 Å². The minimum Gasteiger partial charge on any atom is -0.351 e. The molecule has 1 N–H and O–H groups in total. The van der Waals surface area contributed by atoms with E-state index in [1.165, 1.54) is 22.2 Å². The van der Waals surface area contributed by atoms with Crippen molar-refractivity contribution in [1.82, 2.24) is 10.3 Å². The van der Waals surface area contributed by atoms with Gasteiger partial charge in [0.15, 0.2) is 0 Å². The van der Waals surface area contributed by atoms with Gasteiger partial charge in [0, 0.05) is 29.0 Å². The molecule has 0 saturated heterocycles. The molecule has 0 radical (unpaired) electrons. The molecule has 1 aromatic carbocycles. The van der Waals surface area contributed by atoms with Crippen LogP contribution in [0.15, 0.2) is 41.4 Å². The maximum absolute atomic E-state index is 11.9. The van der Waals surface area contributed by atoms with E-state index in [1.807, 2.05) is 0 Å². The molecule has 0 bridgehead atoms. The van der Waals surface area contributed by atoms with Crippen LogP contribution in [0.2, 0.25) is 5.15 Å². The van der Waals surface area contributed by atoms with E-state index in [4.69, 9.17) is 11.6 Å². The van der Waals surface area contributed by atoms with Crippen LogP contribution in [-0.2, 0) is 0 Å². The Morgan fingerprint density at radius 1 is 1.24 bits per heavy atom. The zero-order valence-corrected chi connectivity index (χ0v) is 13.6. The second-order valence-electron chi connectivity index (χ2n) is 4.72. The SMILES string of the molecule is Cc1ccc(SCCNC(=O)c2ccnc(Cl)c2)cc1C. The minimum atomic E-state index is -0.125. The standard InChI is InChI=1S/C16H17ClN2OS/c1-11-3-4-14(9-12(11)2)21-8-7-19-16(20)13-5-6-18-15(17)10-13/h3-6,9-10H,7-8H2,1-2H3,(H,19,20). The number of aromatic nitrogens is 1. The first-order valence-electron chi connectivity index (χ1n) is 6.66. The highest BCUT2D eigenvalue weighted by Gasteiger charge is 2.05. The predicted molar refractivity (Wildman–Crippen MR) is 88.2 cm³/mol. The fraction of sp³-hybridized carbons (Fsp3) is 0.250. The number of carbonyl (C=O) groups excluding carboxylic acids is 1. The molecule has 1 aromatic heterocycles. The summed E-state index contributed by atoms with van der Waals surface area (Å²) in [7, 11) is 0. The average Bonchev–Trinajstić information content (AvgIpc) is 2.47. The molecular weight excluding hydrogens is 304 g/mol. The third kappa shape index (κ3) is 4.76. The van der Waals surface area contributed by atoms with Gasteiger partial charge in [-0.3, -0.25) is 4.79 Å². The summed E-state index contributed by atoms with van der Waals surface area (Å²) in [6, 6.07) is 9.61. The third-order valence-corrected chi connectivity index (χ3v) is 4.33. The summed E-state index contributed by atoms with van der Waals surface area (Å²) in [6.45, 7) is 4.81. The number of hydrogen-bond acceptors (Lipinski definition) is 3. The number of halogens is 1. The van der Waals surface area contributed by atoms with Gasteiger partial charge in [-0.15, -0.1) is 11.8 Å². The first kappa shape index (κ1) is 15.9. The molecule has 3 nitrogen and oxygen atoms in total. The molecule has 0 unspecified atom stereocenters. The predicted octanol–water partition coefficient (Wildman–Crippen LogP) is 3.87. The van der Waals surface area contributed by atoms with Crippen LogP contribution in [0.5, 0.6) is 0 Å². The number of aryl methyl sites for hydroxylation is 2. The minimum absolute atomic E-state index is 0.125. The molecule has 2 aromatic rings. The first-order chi connectivity index (χ1) is 10.1. The van der Waals surface area contributed by atoms with Gasteiger partial charge in [-0.25, -0.2) is 4.98 Å². The largest absolute Gasteiger partial charge is 0.351 e. The van der Waals surface area contributed by atoms with Gasteiger partial charge >= 0.3 is 0 Å². The van der Waals surface area contributed by atoms with E-state index in [0.717, 1.165) is 5.75 Å². The monoisotopic (exact) mass is 320 g/mol. The molecule has 1 heterocycles. The quantitative estimate of drug-likeness (QED) is 0.516. The molecular formula is C16H17ClN2OS. The van der Waals surface area contributed by atoms with E-state index in [2.05, 4.69) is 42.3 Å². The van der Waals surface area contributed by atoms with Gasteiger partial charge in [-0.2, -0.15) is 0 Å². The normalized spacial score (nSPS) is 10.4. The number of benzene rings is 1. The first-order valence-corrected chi connectivity index (χ1v) is 8.02. The Balaban J connectivity index is 1.79. The van der Waals surface area contributed by atoms with Crippen LogP contribution in [-0.4, -0.2) is 23.2 Å². The molecule has 0 aliphatic heterocycles. The van der Waals surface area contributed by atoms with Crippen LogP contribution >= 0.6 is 23.4 Å². The zero-order chi connectivity index (χ0) is 15.2. The summed E-state index contributed by atoms with van der Waals surface area (Å²) >= 11 is 7.49. The number of rotatable bonds is 5. The second kappa shape index (κ2) is 7.48. The number of nitrogens with one attached hydrogen (secondary N) is 1. The van der Waals surface area contributed by atoms with E-state index < -0.39 is 0 Å². The van der Waals surface area contributed by atoms with Gasteiger partial charge < -0.3 is 5.32 Å². The zero-order valence-electron chi connectivity index (χ0n) is 12.0. The van der Waals surface area contributed by atoms with Crippen molar-refractivity contribution in [3.63, 3.8) is 0 Å². The molecule has 5 heteroatoms. The van der Waals surface area contributed by atoms with E-state index in [1.54, 1.807) is 23.9 Å². The highest BCUT2D eigenvalue weighted by Crippen LogP contribution is 2.20. The fourth-order valence-electron chi connectivity index (χ4n) is 1.78. The maximum Gasteiger partial charge on any atom is 0.251 e. The summed E-state index contributed by atoms with van der Waals surface area (Å²) in [5.74, 6) is 0.701. The van der Waals surface area contributed by atoms with Crippen molar-refractivity contribution >= 4 is 29.3 Å². The number of carbonyl (C=O) groups is 1. The lowest BCUT2D eigenvalue weighted by molar-refractivity contribution is 0.0956. The molecule has 0 aliphatic carbocycles.